The van der Waals surface area contributed by atoms with Crippen molar-refractivity contribution in [3.8, 4) is 0 Å². The van der Waals surface area contributed by atoms with Crippen molar-refractivity contribution in [1.29, 1.82) is 0 Å². The molecule has 9 nitrogen and oxygen atoms in total. The van der Waals surface area contributed by atoms with E-state index < -0.39 is 43.4 Å². The van der Waals surface area contributed by atoms with Gasteiger partial charge in [-0.2, -0.15) is 0 Å². The fourth-order valence-electron chi connectivity index (χ4n) is 8.11. The summed E-state index contributed by atoms with van der Waals surface area (Å²) in [7, 11) is 0. The lowest BCUT2D eigenvalue weighted by Gasteiger charge is -2.39. The van der Waals surface area contributed by atoms with E-state index in [1.165, 1.54) is 109 Å². The summed E-state index contributed by atoms with van der Waals surface area (Å²) >= 11 is 0. The molecule has 1 fully saturated rings. The van der Waals surface area contributed by atoms with E-state index >= 15 is 0 Å². The number of allylic oxidation sites excluding steroid dienone is 16. The lowest BCUT2D eigenvalue weighted by Crippen LogP contribution is -2.59. The highest BCUT2D eigenvalue weighted by atomic mass is 16.7. The Hall–Kier alpha value is -2.89. The van der Waals surface area contributed by atoms with Gasteiger partial charge in [-0.1, -0.05) is 214 Å². The Balaban J connectivity index is 2.20. The molecule has 70 heavy (non-hydrogen) atoms. The maximum atomic E-state index is 12.9. The van der Waals surface area contributed by atoms with Crippen molar-refractivity contribution in [2.24, 2.45) is 0 Å². The molecule has 0 aromatic carbocycles. The van der Waals surface area contributed by atoms with E-state index in [0.29, 0.717) is 13.0 Å². The first-order valence-corrected chi connectivity index (χ1v) is 28.3. The fraction of sp³-hybridized carbons (Fsp3) is 0.721. The quantitative estimate of drug-likeness (QED) is 0.0267. The fourth-order valence-corrected chi connectivity index (χ4v) is 8.11. The van der Waals surface area contributed by atoms with Gasteiger partial charge in [0.05, 0.1) is 19.8 Å². The number of hydrogen-bond acceptors (Lipinski definition) is 9. The molecule has 4 N–H and O–H groups in total. The van der Waals surface area contributed by atoms with Crippen molar-refractivity contribution in [2.75, 3.05) is 26.4 Å². The van der Waals surface area contributed by atoms with Gasteiger partial charge in [0.25, 0.3) is 0 Å². The van der Waals surface area contributed by atoms with E-state index in [4.69, 9.17) is 18.9 Å². The Morgan fingerprint density at radius 3 is 1.31 bits per heavy atom. The summed E-state index contributed by atoms with van der Waals surface area (Å²) < 4.78 is 22.9. The number of unbranched alkanes of at least 4 members (excludes halogenated alkanes) is 21. The second-order valence-corrected chi connectivity index (χ2v) is 19.0. The van der Waals surface area contributed by atoms with Crippen LogP contribution in [0.1, 0.15) is 219 Å². The number of carbonyl (C=O) groups is 1. The minimum absolute atomic E-state index is 0.125. The number of rotatable bonds is 48. The number of esters is 1. The Morgan fingerprint density at radius 2 is 0.871 bits per heavy atom. The molecule has 1 aliphatic rings. The van der Waals surface area contributed by atoms with E-state index in [2.05, 4.69) is 111 Å². The van der Waals surface area contributed by atoms with Crippen LogP contribution in [0.15, 0.2) is 97.2 Å². The number of ether oxygens (including phenoxy) is 4. The van der Waals surface area contributed by atoms with E-state index in [1.807, 2.05) is 0 Å². The van der Waals surface area contributed by atoms with Gasteiger partial charge >= 0.3 is 5.97 Å². The lowest BCUT2D eigenvalue weighted by atomic mass is 9.99. The molecule has 0 bridgehead atoms. The minimum Gasteiger partial charge on any atom is -0.457 e. The second kappa shape index (κ2) is 51.0. The molecule has 9 heteroatoms. The van der Waals surface area contributed by atoms with Crippen LogP contribution in [-0.2, 0) is 23.7 Å². The van der Waals surface area contributed by atoms with E-state index in [-0.39, 0.29) is 19.2 Å². The van der Waals surface area contributed by atoms with Gasteiger partial charge in [0.2, 0.25) is 0 Å². The van der Waals surface area contributed by atoms with Crippen LogP contribution in [0.2, 0.25) is 0 Å². The van der Waals surface area contributed by atoms with E-state index in [9.17, 15) is 25.2 Å². The third-order valence-corrected chi connectivity index (χ3v) is 12.5. The van der Waals surface area contributed by atoms with E-state index in [1.54, 1.807) is 0 Å². The molecule has 0 aromatic rings. The maximum Gasteiger partial charge on any atom is 0.306 e. The molecule has 1 saturated heterocycles. The smallest absolute Gasteiger partial charge is 0.306 e. The summed E-state index contributed by atoms with van der Waals surface area (Å²) in [5, 5.41) is 40.3. The molecule has 1 aliphatic heterocycles. The first-order chi connectivity index (χ1) is 34.4. The standard InChI is InChI=1S/C61H104O9/c1-3-5-7-9-11-13-15-17-19-21-23-25-26-27-28-29-31-33-35-37-39-41-43-45-47-49-51-67-53-55(54-68-61-60(66)59(65)58(64)56(52-62)70-61)69-57(63)50-48-46-44-42-40-38-36-34-32-30-24-22-20-18-16-14-12-10-8-6-4-2/h5,7,11,13,16-19,22-25,27-28,31,33,55-56,58-62,64-66H,3-4,6,8-10,12,14-15,20-21,26,29-30,32,34-54H2,1-2H3/b7-5-,13-11-,18-16-,19-17-,24-22-,25-23-,28-27-,33-31-. The van der Waals surface area contributed by atoms with Crippen LogP contribution in [0.5, 0.6) is 0 Å². The highest BCUT2D eigenvalue weighted by molar-refractivity contribution is 5.69. The third-order valence-electron chi connectivity index (χ3n) is 12.5. The molecule has 0 amide bonds. The molecule has 1 heterocycles. The normalized spacial score (nSPS) is 19.7. The zero-order valence-electron chi connectivity index (χ0n) is 44.5. The highest BCUT2D eigenvalue weighted by Crippen LogP contribution is 2.23. The van der Waals surface area contributed by atoms with Crippen molar-refractivity contribution < 1.29 is 44.2 Å². The Labute approximate surface area is 428 Å². The predicted octanol–water partition coefficient (Wildman–Crippen LogP) is 14.7. The van der Waals surface area contributed by atoms with Crippen molar-refractivity contribution in [3.63, 3.8) is 0 Å². The third kappa shape index (κ3) is 40.7. The van der Waals surface area contributed by atoms with Crippen molar-refractivity contribution in [3.05, 3.63) is 97.2 Å². The largest absolute Gasteiger partial charge is 0.457 e. The molecule has 1 rings (SSSR count). The number of aliphatic hydroxyl groups excluding tert-OH is 4. The molecule has 0 aromatic heterocycles. The molecule has 0 spiro atoms. The summed E-state index contributed by atoms with van der Waals surface area (Å²) in [6.45, 7) is 4.41. The molecule has 402 valence electrons. The van der Waals surface area contributed by atoms with Crippen molar-refractivity contribution in [1.82, 2.24) is 0 Å². The average molecular weight is 981 g/mol. The Morgan fingerprint density at radius 1 is 0.471 bits per heavy atom. The van der Waals surface area contributed by atoms with E-state index in [0.717, 1.165) is 89.9 Å². The summed E-state index contributed by atoms with van der Waals surface area (Å²) in [5.74, 6) is -0.324. The molecule has 0 saturated carbocycles. The van der Waals surface area contributed by atoms with Crippen LogP contribution in [-0.4, -0.2) is 89.6 Å². The van der Waals surface area contributed by atoms with Gasteiger partial charge in [0.1, 0.15) is 30.5 Å². The molecule has 0 radical (unpaired) electrons. The number of aliphatic hydroxyl groups is 4. The van der Waals surface area contributed by atoms with Gasteiger partial charge in [0, 0.05) is 13.0 Å². The van der Waals surface area contributed by atoms with Crippen LogP contribution >= 0.6 is 0 Å². The predicted molar refractivity (Wildman–Crippen MR) is 293 cm³/mol. The monoisotopic (exact) mass is 981 g/mol. The first kappa shape index (κ1) is 65.1. The lowest BCUT2D eigenvalue weighted by molar-refractivity contribution is -0.305. The van der Waals surface area contributed by atoms with Gasteiger partial charge in [-0.25, -0.2) is 0 Å². The SMILES string of the molecule is CC/C=C\C/C=C\C/C=C\C/C=C\C/C=C\C/C=C\CCCCCCCCCOCC(COC1OC(CO)C(O)C(O)C1O)OC(=O)CCCCCCCCCCC/C=C\C/C=C\CCCCCCC. The maximum absolute atomic E-state index is 12.9. The van der Waals surface area contributed by atoms with Crippen molar-refractivity contribution in [2.45, 2.75) is 256 Å². The molecule has 0 aliphatic carbocycles. The molecule has 6 atom stereocenters. The van der Waals surface area contributed by atoms with Crippen LogP contribution in [0.4, 0.5) is 0 Å². The van der Waals surface area contributed by atoms with Gasteiger partial charge in [-0.15, -0.1) is 0 Å². The zero-order valence-corrected chi connectivity index (χ0v) is 44.5. The highest BCUT2D eigenvalue weighted by Gasteiger charge is 2.44. The summed E-state index contributed by atoms with van der Waals surface area (Å²) in [6, 6.07) is 0. The van der Waals surface area contributed by atoms with Crippen LogP contribution in [0, 0.1) is 0 Å². The van der Waals surface area contributed by atoms with Gasteiger partial charge in [0.15, 0.2) is 6.29 Å². The van der Waals surface area contributed by atoms with Crippen LogP contribution in [0.3, 0.4) is 0 Å². The topological polar surface area (TPSA) is 135 Å². The molecular formula is C61H104O9. The molecular weight excluding hydrogens is 877 g/mol. The van der Waals surface area contributed by atoms with Gasteiger partial charge in [-0.05, 0) is 96.3 Å². The number of hydrogen-bond donors (Lipinski definition) is 4. The van der Waals surface area contributed by atoms with Gasteiger partial charge < -0.3 is 39.4 Å². The second-order valence-electron chi connectivity index (χ2n) is 19.0. The van der Waals surface area contributed by atoms with Crippen molar-refractivity contribution >= 4 is 5.97 Å². The zero-order chi connectivity index (χ0) is 50.6. The first-order valence-electron chi connectivity index (χ1n) is 28.3. The number of carbonyl (C=O) groups excluding carboxylic acids is 1. The van der Waals surface area contributed by atoms with Gasteiger partial charge in [-0.3, -0.25) is 4.79 Å². The Bertz CT molecular complexity index is 1390. The van der Waals surface area contributed by atoms with Crippen LogP contribution in [0.25, 0.3) is 0 Å². The minimum atomic E-state index is -1.55. The Kier molecular flexibility index (Phi) is 47.5. The summed E-state index contributed by atoms with van der Waals surface area (Å²) in [4.78, 5) is 12.9. The summed E-state index contributed by atoms with van der Waals surface area (Å²) in [5.41, 5.74) is 0. The summed E-state index contributed by atoms with van der Waals surface area (Å²) in [6.07, 6.45) is 64.4. The average Bonchev–Trinajstić information content (AvgIpc) is 3.36. The molecule has 6 unspecified atom stereocenters. The van der Waals surface area contributed by atoms with Crippen LogP contribution < -0.4 is 0 Å².